The van der Waals surface area contributed by atoms with Gasteiger partial charge in [0.15, 0.2) is 0 Å². The summed E-state index contributed by atoms with van der Waals surface area (Å²) in [5, 5.41) is 0. The minimum atomic E-state index is -0.00493. The minimum absolute atomic E-state index is 0.00493. The van der Waals surface area contributed by atoms with E-state index in [2.05, 4.69) is 48.5 Å². The van der Waals surface area contributed by atoms with E-state index in [0.29, 0.717) is 13.1 Å². The van der Waals surface area contributed by atoms with Gasteiger partial charge >= 0.3 is 0 Å². The Morgan fingerprint density at radius 3 is 1.44 bits per heavy atom. The molecule has 0 bridgehead atoms. The first-order valence-corrected chi connectivity index (χ1v) is 6.93. The highest BCUT2D eigenvalue weighted by atomic mass is 14.7. The Kier molecular flexibility index (Phi) is 5.85. The number of hydrogen-bond donors (Lipinski definition) is 3. The van der Waals surface area contributed by atoms with E-state index in [0.717, 1.165) is 6.42 Å². The zero-order valence-electron chi connectivity index (χ0n) is 13.4. The van der Waals surface area contributed by atoms with Crippen LogP contribution < -0.4 is 17.2 Å². The zero-order chi connectivity index (χ0) is 14.8. The van der Waals surface area contributed by atoms with Crippen molar-refractivity contribution in [2.24, 2.45) is 33.4 Å². The van der Waals surface area contributed by atoms with Crippen LogP contribution in [-0.4, -0.2) is 19.1 Å². The van der Waals surface area contributed by atoms with Gasteiger partial charge in [-0.3, -0.25) is 0 Å². The quantitative estimate of drug-likeness (QED) is 0.654. The number of rotatable bonds is 7. The third kappa shape index (κ3) is 4.22. The second kappa shape index (κ2) is 5.89. The summed E-state index contributed by atoms with van der Waals surface area (Å²) in [4.78, 5) is 0. The van der Waals surface area contributed by atoms with E-state index >= 15 is 0 Å². The predicted octanol–water partition coefficient (Wildman–Crippen LogP) is 2.29. The molecule has 0 saturated carbocycles. The van der Waals surface area contributed by atoms with Gasteiger partial charge in [0, 0.05) is 6.04 Å². The van der Waals surface area contributed by atoms with Crippen molar-refractivity contribution in [3.63, 3.8) is 0 Å². The first kappa shape index (κ1) is 17.9. The van der Waals surface area contributed by atoms with Crippen LogP contribution in [0.5, 0.6) is 0 Å². The monoisotopic (exact) mass is 256 g/mol. The second-order valence-electron chi connectivity index (χ2n) is 7.61. The third-order valence-corrected chi connectivity index (χ3v) is 4.52. The summed E-state index contributed by atoms with van der Waals surface area (Å²) in [6, 6.07) is 0.148. The molecule has 0 rings (SSSR count). The maximum atomic E-state index is 6.11. The van der Waals surface area contributed by atoms with E-state index in [1.807, 2.05) is 0 Å². The largest absolute Gasteiger partial charge is 0.330 e. The minimum Gasteiger partial charge on any atom is -0.330 e. The standard InChI is InChI=1S/C15H34N3/c1-11(18)13(2,3)8-12(14(4,5)9-16)15(6,7)10-17/h11H,8-10,16-18H2,1-7H3. The van der Waals surface area contributed by atoms with Crippen LogP contribution in [0, 0.1) is 22.2 Å². The number of hydrogen-bond acceptors (Lipinski definition) is 3. The van der Waals surface area contributed by atoms with Gasteiger partial charge in [-0.05, 0) is 48.6 Å². The third-order valence-electron chi connectivity index (χ3n) is 4.52. The van der Waals surface area contributed by atoms with Gasteiger partial charge in [-0.1, -0.05) is 41.5 Å². The molecule has 0 aromatic rings. The Hall–Kier alpha value is -0.120. The zero-order valence-corrected chi connectivity index (χ0v) is 13.4. The average Bonchev–Trinajstić information content (AvgIpc) is 2.25. The Balaban J connectivity index is 5.27. The molecule has 0 fully saturated rings. The molecule has 109 valence electrons. The molecule has 0 aliphatic heterocycles. The van der Waals surface area contributed by atoms with Crippen LogP contribution in [0.3, 0.4) is 0 Å². The van der Waals surface area contributed by atoms with Gasteiger partial charge in [-0.2, -0.15) is 0 Å². The molecule has 0 aromatic carbocycles. The highest BCUT2D eigenvalue weighted by molar-refractivity contribution is 5.15. The fourth-order valence-electron chi connectivity index (χ4n) is 2.26. The van der Waals surface area contributed by atoms with Crippen LogP contribution >= 0.6 is 0 Å². The lowest BCUT2D eigenvalue weighted by Gasteiger charge is -2.47. The van der Waals surface area contributed by atoms with Crippen LogP contribution in [0.1, 0.15) is 54.9 Å². The lowest BCUT2D eigenvalue weighted by atomic mass is 9.59. The molecule has 3 nitrogen and oxygen atoms in total. The van der Waals surface area contributed by atoms with Crippen molar-refractivity contribution in [2.75, 3.05) is 13.1 Å². The van der Waals surface area contributed by atoms with E-state index in [4.69, 9.17) is 17.2 Å². The van der Waals surface area contributed by atoms with Crippen molar-refractivity contribution in [2.45, 2.75) is 60.9 Å². The van der Waals surface area contributed by atoms with Crippen LogP contribution in [0.4, 0.5) is 0 Å². The summed E-state index contributed by atoms with van der Waals surface area (Å²) in [5.74, 6) is 1.43. The Bertz CT molecular complexity index is 238. The Labute approximate surface area is 114 Å². The van der Waals surface area contributed by atoms with Crippen molar-refractivity contribution >= 4 is 0 Å². The fraction of sp³-hybridized carbons (Fsp3) is 0.933. The lowest BCUT2D eigenvalue weighted by Crippen LogP contribution is -2.47. The van der Waals surface area contributed by atoms with E-state index in [1.165, 1.54) is 5.92 Å². The summed E-state index contributed by atoms with van der Waals surface area (Å²) in [6.45, 7) is 16.6. The van der Waals surface area contributed by atoms with Gasteiger partial charge in [0.05, 0.1) is 0 Å². The molecule has 0 spiro atoms. The molecule has 18 heavy (non-hydrogen) atoms. The molecule has 0 aromatic heterocycles. The van der Waals surface area contributed by atoms with Crippen molar-refractivity contribution in [3.8, 4) is 0 Å². The maximum Gasteiger partial charge on any atom is 0.00619 e. The molecular formula is C15H34N3. The smallest absolute Gasteiger partial charge is 0.00619 e. The van der Waals surface area contributed by atoms with E-state index in [-0.39, 0.29) is 22.3 Å². The van der Waals surface area contributed by atoms with Crippen molar-refractivity contribution < 1.29 is 0 Å². The summed E-state index contributed by atoms with van der Waals surface area (Å²) in [7, 11) is 0. The average molecular weight is 256 g/mol. The van der Waals surface area contributed by atoms with Gasteiger partial charge in [0.2, 0.25) is 0 Å². The van der Waals surface area contributed by atoms with Gasteiger partial charge in [0.25, 0.3) is 0 Å². The van der Waals surface area contributed by atoms with Crippen LogP contribution in [-0.2, 0) is 0 Å². The second-order valence-corrected chi connectivity index (χ2v) is 7.61. The van der Waals surface area contributed by atoms with Gasteiger partial charge in [-0.25, -0.2) is 0 Å². The molecule has 0 amide bonds. The van der Waals surface area contributed by atoms with Crippen molar-refractivity contribution in [1.82, 2.24) is 0 Å². The summed E-state index contributed by atoms with van der Waals surface area (Å²) in [6.07, 6.45) is 0.971. The first-order chi connectivity index (χ1) is 7.90. The molecule has 0 saturated heterocycles. The van der Waals surface area contributed by atoms with E-state index in [1.54, 1.807) is 0 Å². The highest BCUT2D eigenvalue weighted by Crippen LogP contribution is 2.48. The molecule has 3 heteroatoms. The van der Waals surface area contributed by atoms with Crippen molar-refractivity contribution in [1.29, 1.82) is 0 Å². The topological polar surface area (TPSA) is 78.1 Å². The van der Waals surface area contributed by atoms with E-state index in [9.17, 15) is 0 Å². The summed E-state index contributed by atoms with van der Waals surface area (Å²) < 4.78 is 0. The predicted molar refractivity (Wildman–Crippen MR) is 81.0 cm³/mol. The molecular weight excluding hydrogens is 222 g/mol. The van der Waals surface area contributed by atoms with Crippen molar-refractivity contribution in [3.05, 3.63) is 5.92 Å². The Morgan fingerprint density at radius 2 is 1.22 bits per heavy atom. The molecule has 0 aliphatic rings. The fourth-order valence-corrected chi connectivity index (χ4v) is 2.26. The molecule has 1 unspecified atom stereocenters. The summed E-state index contributed by atoms with van der Waals surface area (Å²) in [5.41, 5.74) is 18.1. The molecule has 0 heterocycles. The first-order valence-electron chi connectivity index (χ1n) is 6.93. The number of nitrogens with two attached hydrogens (primary N) is 3. The molecule has 6 N–H and O–H groups in total. The SMILES string of the molecule is CC(N)C(C)(C)C[C](C(C)(C)CN)C(C)(C)CN. The van der Waals surface area contributed by atoms with Gasteiger partial charge < -0.3 is 17.2 Å². The normalized spacial score (nSPS) is 16.2. The molecule has 1 atom stereocenters. The Morgan fingerprint density at radius 1 is 0.889 bits per heavy atom. The maximum absolute atomic E-state index is 6.11. The summed E-state index contributed by atoms with van der Waals surface area (Å²) >= 11 is 0. The van der Waals surface area contributed by atoms with Gasteiger partial charge in [0.1, 0.15) is 0 Å². The lowest BCUT2D eigenvalue weighted by molar-refractivity contribution is 0.172. The van der Waals surface area contributed by atoms with Crippen LogP contribution in [0.25, 0.3) is 0 Å². The van der Waals surface area contributed by atoms with Crippen LogP contribution in [0.2, 0.25) is 0 Å². The highest BCUT2D eigenvalue weighted by Gasteiger charge is 2.43. The molecule has 1 radical (unpaired) electrons. The van der Waals surface area contributed by atoms with Crippen LogP contribution in [0.15, 0.2) is 0 Å². The molecule has 0 aliphatic carbocycles. The van der Waals surface area contributed by atoms with Gasteiger partial charge in [-0.15, -0.1) is 0 Å². The van der Waals surface area contributed by atoms with E-state index < -0.39 is 0 Å².